The first-order chi connectivity index (χ1) is 13.9. The lowest BCUT2D eigenvalue weighted by molar-refractivity contribution is -0.136. The van der Waals surface area contributed by atoms with Crippen molar-refractivity contribution in [1.82, 2.24) is 4.90 Å². The van der Waals surface area contributed by atoms with E-state index in [-0.39, 0.29) is 23.5 Å². The van der Waals surface area contributed by atoms with Crippen molar-refractivity contribution in [2.45, 2.75) is 18.9 Å². The molecule has 3 rings (SSSR count). The van der Waals surface area contributed by atoms with E-state index in [1.54, 1.807) is 17.0 Å². The second-order valence-corrected chi connectivity index (χ2v) is 6.90. The number of aliphatic carboxylic acids is 2. The quantitative estimate of drug-likeness (QED) is 0.690. The molecule has 1 aliphatic rings. The first-order valence-corrected chi connectivity index (χ1v) is 9.34. The van der Waals surface area contributed by atoms with Gasteiger partial charge in [0.05, 0.1) is 6.08 Å². The highest BCUT2D eigenvalue weighted by Crippen LogP contribution is 2.35. The number of carboxylic acids is 2. The lowest BCUT2D eigenvalue weighted by Crippen LogP contribution is -2.38. The summed E-state index contributed by atoms with van der Waals surface area (Å²) in [7, 11) is 0. The fourth-order valence-corrected chi connectivity index (χ4v) is 3.61. The zero-order chi connectivity index (χ0) is 20.8. The van der Waals surface area contributed by atoms with Crippen LogP contribution in [-0.4, -0.2) is 40.1 Å². The standard InChI is InChI=1S/C22H22FNO5/c23-17-7-4-8-18(13-17)29-21(15-5-2-1-3-6-15)16-9-11-24(12-10-16)19(22(27)28)14-20(25)26/h1-8,13-14,16,21H,9-12H2,(H,25,26)(H,27,28)/t21-/m1/s1. The Morgan fingerprint density at radius 1 is 1.07 bits per heavy atom. The molecule has 152 valence electrons. The van der Waals surface area contributed by atoms with Gasteiger partial charge in [0.1, 0.15) is 23.4 Å². The number of nitrogens with zero attached hydrogens (tertiary/aromatic N) is 1. The van der Waals surface area contributed by atoms with Crippen LogP contribution in [0, 0.1) is 11.7 Å². The normalized spacial score (nSPS) is 16.3. The summed E-state index contributed by atoms with van der Waals surface area (Å²) in [5, 5.41) is 18.2. The number of carbonyl (C=O) groups is 2. The van der Waals surface area contributed by atoms with E-state index in [2.05, 4.69) is 0 Å². The molecule has 1 aliphatic heterocycles. The van der Waals surface area contributed by atoms with Gasteiger partial charge in [0.15, 0.2) is 0 Å². The van der Waals surface area contributed by atoms with Crippen LogP contribution in [0.4, 0.5) is 4.39 Å². The molecule has 2 aromatic carbocycles. The summed E-state index contributed by atoms with van der Waals surface area (Å²) in [4.78, 5) is 23.9. The maximum Gasteiger partial charge on any atom is 0.352 e. The molecule has 2 N–H and O–H groups in total. The van der Waals surface area contributed by atoms with Gasteiger partial charge < -0.3 is 19.8 Å². The minimum absolute atomic E-state index is 0.0665. The molecule has 29 heavy (non-hydrogen) atoms. The number of benzene rings is 2. The van der Waals surface area contributed by atoms with Crippen LogP contribution in [0.1, 0.15) is 24.5 Å². The summed E-state index contributed by atoms with van der Waals surface area (Å²) in [5.74, 6) is -2.44. The SMILES string of the molecule is O=C(O)C=C(C(=O)O)N1CCC([C@H](Oc2cccc(F)c2)c2ccccc2)CC1. The fraction of sp³-hybridized carbons (Fsp3) is 0.273. The van der Waals surface area contributed by atoms with Crippen molar-refractivity contribution in [1.29, 1.82) is 0 Å². The van der Waals surface area contributed by atoms with Crippen LogP contribution in [-0.2, 0) is 9.59 Å². The highest BCUT2D eigenvalue weighted by atomic mass is 19.1. The van der Waals surface area contributed by atoms with E-state index in [0.29, 0.717) is 31.7 Å². The number of ether oxygens (including phenoxy) is 1. The van der Waals surface area contributed by atoms with Crippen molar-refractivity contribution in [2.75, 3.05) is 13.1 Å². The van der Waals surface area contributed by atoms with E-state index in [4.69, 9.17) is 9.84 Å². The van der Waals surface area contributed by atoms with Gasteiger partial charge in [0.25, 0.3) is 0 Å². The van der Waals surface area contributed by atoms with E-state index in [9.17, 15) is 19.1 Å². The second-order valence-electron chi connectivity index (χ2n) is 6.90. The van der Waals surface area contributed by atoms with Crippen LogP contribution < -0.4 is 4.74 Å². The van der Waals surface area contributed by atoms with Gasteiger partial charge in [-0.15, -0.1) is 0 Å². The molecule has 0 unspecified atom stereocenters. The molecule has 0 radical (unpaired) electrons. The van der Waals surface area contributed by atoms with Gasteiger partial charge in [-0.1, -0.05) is 36.4 Å². The highest BCUT2D eigenvalue weighted by molar-refractivity contribution is 5.94. The topological polar surface area (TPSA) is 87.1 Å². The first kappa shape index (κ1) is 20.4. The molecule has 6 nitrogen and oxygen atoms in total. The Labute approximate surface area is 167 Å². The number of carboxylic acid groups (broad SMARTS) is 2. The molecule has 0 saturated carbocycles. The Bertz CT molecular complexity index is 891. The lowest BCUT2D eigenvalue weighted by atomic mass is 9.87. The van der Waals surface area contributed by atoms with Gasteiger partial charge in [0, 0.05) is 25.1 Å². The van der Waals surface area contributed by atoms with Gasteiger partial charge in [0.2, 0.25) is 0 Å². The van der Waals surface area contributed by atoms with Crippen molar-refractivity contribution in [2.24, 2.45) is 5.92 Å². The summed E-state index contributed by atoms with van der Waals surface area (Å²) < 4.78 is 19.7. The third kappa shape index (κ3) is 5.34. The number of piperidine rings is 1. The molecular weight excluding hydrogens is 377 g/mol. The summed E-state index contributed by atoms with van der Waals surface area (Å²) in [6.45, 7) is 0.790. The Morgan fingerprint density at radius 2 is 1.76 bits per heavy atom. The molecule has 2 aromatic rings. The third-order valence-electron chi connectivity index (χ3n) is 4.98. The van der Waals surface area contributed by atoms with Crippen molar-refractivity contribution in [3.05, 3.63) is 77.8 Å². The van der Waals surface area contributed by atoms with E-state index in [0.717, 1.165) is 11.6 Å². The third-order valence-corrected chi connectivity index (χ3v) is 4.98. The molecule has 0 amide bonds. The lowest BCUT2D eigenvalue weighted by Gasteiger charge is -2.37. The number of halogens is 1. The molecule has 0 bridgehead atoms. The van der Waals surface area contributed by atoms with Crippen molar-refractivity contribution < 1.29 is 28.9 Å². The van der Waals surface area contributed by atoms with E-state index in [1.165, 1.54) is 12.1 Å². The summed E-state index contributed by atoms with van der Waals surface area (Å²) in [5.41, 5.74) is 0.730. The number of likely N-dealkylation sites (tertiary alicyclic amines) is 1. The van der Waals surface area contributed by atoms with Crippen LogP contribution >= 0.6 is 0 Å². The van der Waals surface area contributed by atoms with Gasteiger partial charge in [-0.05, 0) is 30.5 Å². The number of rotatable bonds is 7. The van der Waals surface area contributed by atoms with Crippen LogP contribution in [0.2, 0.25) is 0 Å². The molecule has 0 spiro atoms. The van der Waals surface area contributed by atoms with Crippen LogP contribution in [0.15, 0.2) is 66.4 Å². The van der Waals surface area contributed by atoms with Crippen molar-refractivity contribution in [3.8, 4) is 5.75 Å². The highest BCUT2D eigenvalue weighted by Gasteiger charge is 2.31. The Morgan fingerprint density at radius 3 is 2.34 bits per heavy atom. The average Bonchev–Trinajstić information content (AvgIpc) is 2.71. The minimum Gasteiger partial charge on any atom is -0.485 e. The van der Waals surface area contributed by atoms with Crippen LogP contribution in [0.5, 0.6) is 5.75 Å². The Hall–Kier alpha value is -3.35. The van der Waals surface area contributed by atoms with E-state index in [1.807, 2.05) is 30.3 Å². The maximum absolute atomic E-state index is 13.6. The van der Waals surface area contributed by atoms with Crippen molar-refractivity contribution >= 4 is 11.9 Å². The molecule has 1 atom stereocenters. The van der Waals surface area contributed by atoms with E-state index < -0.39 is 11.9 Å². The Kier molecular flexibility index (Phi) is 6.49. The smallest absolute Gasteiger partial charge is 0.352 e. The van der Waals surface area contributed by atoms with Gasteiger partial charge in [-0.2, -0.15) is 0 Å². The summed E-state index contributed by atoms with van der Waals surface area (Å²) in [6, 6.07) is 15.6. The van der Waals surface area contributed by atoms with Gasteiger partial charge in [-0.25, -0.2) is 14.0 Å². The molecule has 7 heteroatoms. The molecule has 0 aromatic heterocycles. The van der Waals surface area contributed by atoms with Gasteiger partial charge in [-0.3, -0.25) is 0 Å². The zero-order valence-electron chi connectivity index (χ0n) is 15.7. The molecule has 0 aliphatic carbocycles. The maximum atomic E-state index is 13.6. The number of hydrogen-bond donors (Lipinski definition) is 2. The molecule has 1 fully saturated rings. The molecule has 1 saturated heterocycles. The summed E-state index contributed by atoms with van der Waals surface area (Å²) in [6.07, 6.45) is 1.62. The minimum atomic E-state index is -1.29. The average molecular weight is 399 g/mol. The van der Waals surface area contributed by atoms with Gasteiger partial charge >= 0.3 is 11.9 Å². The fourth-order valence-electron chi connectivity index (χ4n) is 3.61. The second kappa shape index (κ2) is 9.23. The molecule has 1 heterocycles. The largest absolute Gasteiger partial charge is 0.485 e. The zero-order valence-corrected chi connectivity index (χ0v) is 15.7. The predicted molar refractivity (Wildman–Crippen MR) is 104 cm³/mol. The monoisotopic (exact) mass is 399 g/mol. The van der Waals surface area contributed by atoms with Crippen LogP contribution in [0.3, 0.4) is 0 Å². The number of hydrogen-bond acceptors (Lipinski definition) is 4. The first-order valence-electron chi connectivity index (χ1n) is 9.34. The summed E-state index contributed by atoms with van der Waals surface area (Å²) >= 11 is 0. The molecular formula is C22H22FNO5. The Balaban J connectivity index is 1.78. The van der Waals surface area contributed by atoms with Crippen LogP contribution in [0.25, 0.3) is 0 Å². The predicted octanol–water partition coefficient (Wildman–Crippen LogP) is 3.71. The van der Waals surface area contributed by atoms with E-state index >= 15 is 0 Å². The van der Waals surface area contributed by atoms with Crippen molar-refractivity contribution in [3.63, 3.8) is 0 Å².